The summed E-state index contributed by atoms with van der Waals surface area (Å²) < 4.78 is 4.42. The fraction of sp³-hybridized carbons (Fsp3) is 0.429. The second-order valence-corrected chi connectivity index (χ2v) is 5.13. The van der Waals surface area contributed by atoms with Gasteiger partial charge in [0.1, 0.15) is 6.42 Å². The zero-order chi connectivity index (χ0) is 13.8. The van der Waals surface area contributed by atoms with Crippen LogP contribution in [-0.2, 0) is 19.7 Å². The molecule has 0 saturated carbocycles. The van der Waals surface area contributed by atoms with Gasteiger partial charge in [0.05, 0.1) is 7.11 Å². The lowest BCUT2D eigenvalue weighted by molar-refractivity contribution is -0.142. The molecule has 1 amide bonds. The van der Waals surface area contributed by atoms with Crippen LogP contribution in [0.5, 0.6) is 0 Å². The Kier molecular flexibility index (Phi) is 4.48. The number of hydrogen-bond donors (Lipinski definition) is 1. The Morgan fingerprint density at radius 1 is 1.17 bits per heavy atom. The average molecular weight is 249 g/mol. The van der Waals surface area contributed by atoms with Crippen molar-refractivity contribution in [2.24, 2.45) is 0 Å². The van der Waals surface area contributed by atoms with Crippen molar-refractivity contribution >= 4 is 17.6 Å². The monoisotopic (exact) mass is 249 g/mol. The van der Waals surface area contributed by atoms with Crippen molar-refractivity contribution in [3.05, 3.63) is 29.8 Å². The largest absolute Gasteiger partial charge is 0.469 e. The molecule has 0 bridgehead atoms. The molecule has 0 heterocycles. The average Bonchev–Trinajstić information content (AvgIpc) is 2.28. The highest BCUT2D eigenvalue weighted by molar-refractivity contribution is 6.01. The van der Waals surface area contributed by atoms with Crippen LogP contribution in [0.15, 0.2) is 24.3 Å². The lowest BCUT2D eigenvalue weighted by Gasteiger charge is -2.19. The number of anilines is 1. The molecule has 0 atom stereocenters. The Morgan fingerprint density at radius 3 is 2.17 bits per heavy atom. The standard InChI is InChI=1S/C14H19NO3/c1-14(2,3)10-5-7-11(8-6-10)15-12(16)9-13(17)18-4/h5-8H,9H2,1-4H3,(H,15,16). The topological polar surface area (TPSA) is 55.4 Å². The highest BCUT2D eigenvalue weighted by Gasteiger charge is 2.14. The zero-order valence-electron chi connectivity index (χ0n) is 11.2. The van der Waals surface area contributed by atoms with E-state index in [1.807, 2.05) is 24.3 Å². The Labute approximate surface area is 107 Å². The number of esters is 1. The van der Waals surface area contributed by atoms with Crippen LogP contribution in [0, 0.1) is 0 Å². The van der Waals surface area contributed by atoms with Crippen molar-refractivity contribution in [3.8, 4) is 0 Å². The predicted octanol–water partition coefficient (Wildman–Crippen LogP) is 2.49. The summed E-state index contributed by atoms with van der Waals surface area (Å²) >= 11 is 0. The first-order valence-corrected chi connectivity index (χ1v) is 5.80. The molecule has 0 spiro atoms. The van der Waals surface area contributed by atoms with Gasteiger partial charge in [-0.25, -0.2) is 0 Å². The summed E-state index contributed by atoms with van der Waals surface area (Å²) in [5.74, 6) is -0.913. The van der Waals surface area contributed by atoms with Crippen LogP contribution in [0.4, 0.5) is 5.69 Å². The summed E-state index contributed by atoms with van der Waals surface area (Å²) in [5.41, 5.74) is 1.94. The number of nitrogens with one attached hydrogen (secondary N) is 1. The molecule has 1 aromatic carbocycles. The van der Waals surface area contributed by atoms with Gasteiger partial charge in [-0.15, -0.1) is 0 Å². The maximum absolute atomic E-state index is 11.5. The molecule has 0 saturated heterocycles. The molecule has 0 aliphatic rings. The Morgan fingerprint density at radius 2 is 1.72 bits per heavy atom. The summed E-state index contributed by atoms with van der Waals surface area (Å²) in [6.07, 6.45) is -0.266. The minimum Gasteiger partial charge on any atom is -0.469 e. The van der Waals surface area contributed by atoms with E-state index in [4.69, 9.17) is 0 Å². The molecule has 4 nitrogen and oxygen atoms in total. The van der Waals surface area contributed by atoms with Gasteiger partial charge in [0.25, 0.3) is 0 Å². The molecule has 0 aromatic heterocycles. The molecule has 1 N–H and O–H groups in total. The van der Waals surface area contributed by atoms with E-state index in [1.165, 1.54) is 12.7 Å². The molecule has 0 unspecified atom stereocenters. The molecule has 1 rings (SSSR count). The summed E-state index contributed by atoms with van der Waals surface area (Å²) in [6, 6.07) is 7.59. The van der Waals surface area contributed by atoms with Crippen molar-refractivity contribution in [1.82, 2.24) is 0 Å². The number of methoxy groups -OCH3 is 1. The third kappa shape index (κ3) is 4.20. The lowest BCUT2D eigenvalue weighted by atomic mass is 9.87. The van der Waals surface area contributed by atoms with Crippen LogP contribution in [0.2, 0.25) is 0 Å². The second-order valence-electron chi connectivity index (χ2n) is 5.13. The lowest BCUT2D eigenvalue weighted by Crippen LogP contribution is -2.17. The van der Waals surface area contributed by atoms with E-state index in [0.29, 0.717) is 5.69 Å². The number of carbonyl (C=O) groups excluding carboxylic acids is 2. The molecule has 1 aromatic rings. The molecular formula is C14H19NO3. The van der Waals surface area contributed by atoms with Gasteiger partial charge in [0.15, 0.2) is 0 Å². The van der Waals surface area contributed by atoms with Crippen LogP contribution in [-0.4, -0.2) is 19.0 Å². The SMILES string of the molecule is COC(=O)CC(=O)Nc1ccc(C(C)(C)C)cc1. The van der Waals surface area contributed by atoms with Crippen LogP contribution >= 0.6 is 0 Å². The van der Waals surface area contributed by atoms with Crippen molar-refractivity contribution in [1.29, 1.82) is 0 Å². The Hall–Kier alpha value is -1.84. The molecular weight excluding hydrogens is 230 g/mol. The van der Waals surface area contributed by atoms with Crippen LogP contribution < -0.4 is 5.32 Å². The number of rotatable bonds is 3. The quantitative estimate of drug-likeness (QED) is 0.661. The minimum atomic E-state index is -0.543. The maximum atomic E-state index is 11.5. The van der Waals surface area contributed by atoms with E-state index >= 15 is 0 Å². The molecule has 98 valence electrons. The third-order valence-electron chi connectivity index (χ3n) is 2.57. The van der Waals surface area contributed by atoms with Gasteiger partial charge >= 0.3 is 5.97 Å². The van der Waals surface area contributed by atoms with Crippen LogP contribution in [0.3, 0.4) is 0 Å². The van der Waals surface area contributed by atoms with Gasteiger partial charge in [-0.3, -0.25) is 9.59 Å². The van der Waals surface area contributed by atoms with Gasteiger partial charge in [0.2, 0.25) is 5.91 Å². The fourth-order valence-electron chi connectivity index (χ4n) is 1.46. The Bertz CT molecular complexity index is 429. The van der Waals surface area contributed by atoms with Gasteiger partial charge in [-0.05, 0) is 23.1 Å². The van der Waals surface area contributed by atoms with Crippen molar-refractivity contribution < 1.29 is 14.3 Å². The van der Waals surface area contributed by atoms with E-state index < -0.39 is 5.97 Å². The van der Waals surface area contributed by atoms with Crippen molar-refractivity contribution in [2.45, 2.75) is 32.6 Å². The predicted molar refractivity (Wildman–Crippen MR) is 70.4 cm³/mol. The molecule has 18 heavy (non-hydrogen) atoms. The molecule has 0 radical (unpaired) electrons. The first kappa shape index (κ1) is 14.2. The summed E-state index contributed by atoms with van der Waals surface area (Å²) in [7, 11) is 1.26. The zero-order valence-corrected chi connectivity index (χ0v) is 11.2. The normalized spacial score (nSPS) is 10.9. The van der Waals surface area contributed by atoms with E-state index in [9.17, 15) is 9.59 Å². The summed E-state index contributed by atoms with van der Waals surface area (Å²) in [6.45, 7) is 6.37. The van der Waals surface area contributed by atoms with Gasteiger partial charge < -0.3 is 10.1 Å². The highest BCUT2D eigenvalue weighted by atomic mass is 16.5. The number of hydrogen-bond acceptors (Lipinski definition) is 3. The van der Waals surface area contributed by atoms with E-state index in [2.05, 4.69) is 30.8 Å². The molecule has 0 fully saturated rings. The summed E-state index contributed by atoms with van der Waals surface area (Å²) in [4.78, 5) is 22.4. The number of amides is 1. The third-order valence-corrected chi connectivity index (χ3v) is 2.57. The minimum absolute atomic E-state index is 0.0779. The summed E-state index contributed by atoms with van der Waals surface area (Å²) in [5, 5.41) is 2.65. The molecule has 4 heteroatoms. The van der Waals surface area contributed by atoms with Crippen molar-refractivity contribution in [3.63, 3.8) is 0 Å². The van der Waals surface area contributed by atoms with E-state index in [-0.39, 0.29) is 17.7 Å². The first-order chi connectivity index (χ1) is 8.32. The van der Waals surface area contributed by atoms with E-state index in [1.54, 1.807) is 0 Å². The molecule has 0 aliphatic carbocycles. The fourth-order valence-corrected chi connectivity index (χ4v) is 1.46. The van der Waals surface area contributed by atoms with Gasteiger partial charge in [-0.1, -0.05) is 32.9 Å². The number of benzene rings is 1. The molecule has 0 aliphatic heterocycles. The van der Waals surface area contributed by atoms with Crippen LogP contribution in [0.25, 0.3) is 0 Å². The van der Waals surface area contributed by atoms with Gasteiger partial charge in [0, 0.05) is 5.69 Å². The maximum Gasteiger partial charge on any atom is 0.315 e. The Balaban J connectivity index is 2.64. The smallest absolute Gasteiger partial charge is 0.315 e. The van der Waals surface area contributed by atoms with E-state index in [0.717, 1.165) is 0 Å². The number of ether oxygens (including phenoxy) is 1. The van der Waals surface area contributed by atoms with Gasteiger partial charge in [-0.2, -0.15) is 0 Å². The number of carbonyl (C=O) groups is 2. The van der Waals surface area contributed by atoms with Crippen molar-refractivity contribution in [2.75, 3.05) is 12.4 Å². The van der Waals surface area contributed by atoms with Crippen LogP contribution in [0.1, 0.15) is 32.8 Å². The first-order valence-electron chi connectivity index (χ1n) is 5.80. The second kappa shape index (κ2) is 5.67. The highest BCUT2D eigenvalue weighted by Crippen LogP contribution is 2.23.